The van der Waals surface area contributed by atoms with Gasteiger partial charge in [0.05, 0.1) is 5.56 Å². The minimum atomic E-state index is -0.278. The zero-order chi connectivity index (χ0) is 15.9. The lowest BCUT2D eigenvalue weighted by Gasteiger charge is -2.09. The Kier molecular flexibility index (Phi) is 5.98. The number of nitrogens with one attached hydrogen (secondary N) is 1. The number of benzene rings is 2. The Morgan fingerprint density at radius 2 is 2.09 bits per heavy atom. The van der Waals surface area contributed by atoms with E-state index in [1.807, 2.05) is 12.1 Å². The average Bonchev–Trinajstić information content (AvgIpc) is 2.51. The van der Waals surface area contributed by atoms with Crippen molar-refractivity contribution in [2.75, 3.05) is 6.61 Å². The van der Waals surface area contributed by atoms with Gasteiger partial charge < -0.3 is 10.1 Å². The first-order valence-corrected chi connectivity index (χ1v) is 7.64. The molecule has 0 saturated heterocycles. The molecule has 0 saturated carbocycles. The largest absolute Gasteiger partial charge is 0.483 e. The summed E-state index contributed by atoms with van der Waals surface area (Å²) in [7, 11) is 0. The van der Waals surface area contributed by atoms with Crippen molar-refractivity contribution < 1.29 is 14.3 Å². The average molecular weight is 383 g/mol. The summed E-state index contributed by atoms with van der Waals surface area (Å²) < 4.78 is 6.14. The Bertz CT molecular complexity index is 691. The number of hydrogen-bond donors (Lipinski definition) is 1. The molecule has 22 heavy (non-hydrogen) atoms. The molecular formula is C16H13BrClNO3. The van der Waals surface area contributed by atoms with Crippen molar-refractivity contribution in [3.8, 4) is 5.75 Å². The summed E-state index contributed by atoms with van der Waals surface area (Å²) in [5.41, 5.74) is 1.29. The lowest BCUT2D eigenvalue weighted by atomic mass is 10.2. The molecule has 4 nitrogen and oxygen atoms in total. The topological polar surface area (TPSA) is 55.4 Å². The quantitative estimate of drug-likeness (QED) is 0.777. The van der Waals surface area contributed by atoms with Crippen LogP contribution in [0.25, 0.3) is 0 Å². The van der Waals surface area contributed by atoms with Gasteiger partial charge in [-0.2, -0.15) is 0 Å². The zero-order valence-electron chi connectivity index (χ0n) is 11.5. The van der Waals surface area contributed by atoms with Crippen molar-refractivity contribution in [2.24, 2.45) is 0 Å². The highest BCUT2D eigenvalue weighted by atomic mass is 79.9. The highest BCUT2D eigenvalue weighted by Gasteiger charge is 2.07. The number of carbonyl (C=O) groups is 2. The van der Waals surface area contributed by atoms with Crippen molar-refractivity contribution in [3.63, 3.8) is 0 Å². The van der Waals surface area contributed by atoms with Gasteiger partial charge >= 0.3 is 0 Å². The predicted octanol–water partition coefficient (Wildman–Crippen LogP) is 3.61. The van der Waals surface area contributed by atoms with Gasteiger partial charge in [0.25, 0.3) is 5.91 Å². The molecule has 1 N–H and O–H groups in total. The highest BCUT2D eigenvalue weighted by Crippen LogP contribution is 2.21. The van der Waals surface area contributed by atoms with Crippen LogP contribution >= 0.6 is 27.5 Å². The molecule has 0 aromatic heterocycles. The lowest BCUT2D eigenvalue weighted by Crippen LogP contribution is -2.28. The Morgan fingerprint density at radius 1 is 1.27 bits per heavy atom. The second-order valence-corrected chi connectivity index (χ2v) is 5.85. The molecule has 0 aliphatic heterocycles. The van der Waals surface area contributed by atoms with Crippen LogP contribution in [-0.2, 0) is 11.3 Å². The summed E-state index contributed by atoms with van der Waals surface area (Å²) in [5, 5.41) is 3.34. The van der Waals surface area contributed by atoms with E-state index in [4.69, 9.17) is 16.3 Å². The Balaban J connectivity index is 1.86. The molecule has 0 bridgehead atoms. The molecule has 0 radical (unpaired) electrons. The number of halogens is 2. The molecule has 114 valence electrons. The van der Waals surface area contributed by atoms with E-state index >= 15 is 0 Å². The third kappa shape index (κ3) is 4.86. The molecule has 2 rings (SSSR count). The molecule has 1 amide bonds. The lowest BCUT2D eigenvalue weighted by molar-refractivity contribution is -0.123. The van der Waals surface area contributed by atoms with E-state index in [1.165, 1.54) is 0 Å². The third-order valence-corrected chi connectivity index (χ3v) is 3.56. The summed E-state index contributed by atoms with van der Waals surface area (Å²) >= 11 is 9.14. The SMILES string of the molecule is O=Cc1cc(Br)ccc1OCC(=O)NCc1cccc(Cl)c1. The molecule has 2 aromatic rings. The summed E-state index contributed by atoms with van der Waals surface area (Å²) in [6.45, 7) is 0.201. The third-order valence-electron chi connectivity index (χ3n) is 2.84. The Morgan fingerprint density at radius 3 is 2.82 bits per heavy atom. The maximum Gasteiger partial charge on any atom is 0.258 e. The number of amides is 1. The molecule has 0 aliphatic rings. The van der Waals surface area contributed by atoms with Gasteiger partial charge in [-0.3, -0.25) is 9.59 Å². The van der Waals surface area contributed by atoms with Gasteiger partial charge in [0.1, 0.15) is 5.75 Å². The van der Waals surface area contributed by atoms with Crippen LogP contribution < -0.4 is 10.1 Å². The molecule has 2 aromatic carbocycles. The van der Waals surface area contributed by atoms with Crippen LogP contribution in [0.1, 0.15) is 15.9 Å². The summed E-state index contributed by atoms with van der Waals surface area (Å²) in [5.74, 6) is 0.0934. The first-order chi connectivity index (χ1) is 10.6. The van der Waals surface area contributed by atoms with Crippen LogP contribution in [0, 0.1) is 0 Å². The number of aldehydes is 1. The van der Waals surface area contributed by atoms with E-state index in [2.05, 4.69) is 21.2 Å². The fraction of sp³-hybridized carbons (Fsp3) is 0.125. The Hall–Kier alpha value is -1.85. The van der Waals surface area contributed by atoms with E-state index in [1.54, 1.807) is 30.3 Å². The van der Waals surface area contributed by atoms with Crippen LogP contribution in [0.3, 0.4) is 0 Å². The maximum atomic E-state index is 11.8. The number of carbonyl (C=O) groups excluding carboxylic acids is 2. The fourth-order valence-corrected chi connectivity index (χ4v) is 2.38. The van der Waals surface area contributed by atoms with Crippen molar-refractivity contribution in [2.45, 2.75) is 6.54 Å². The number of rotatable bonds is 6. The standard InChI is InChI=1S/C16H13BrClNO3/c17-13-4-5-15(12(7-13)9-20)22-10-16(21)19-8-11-2-1-3-14(18)6-11/h1-7,9H,8,10H2,(H,19,21). The van der Waals surface area contributed by atoms with E-state index < -0.39 is 0 Å². The van der Waals surface area contributed by atoms with Crippen LogP contribution in [0.15, 0.2) is 46.9 Å². The van der Waals surface area contributed by atoms with E-state index in [0.717, 1.165) is 10.0 Å². The minimum absolute atomic E-state index is 0.164. The van der Waals surface area contributed by atoms with Crippen LogP contribution in [-0.4, -0.2) is 18.8 Å². The van der Waals surface area contributed by atoms with Gasteiger partial charge in [0.2, 0.25) is 0 Å². The maximum absolute atomic E-state index is 11.8. The first kappa shape index (κ1) is 16.5. The van der Waals surface area contributed by atoms with Gasteiger partial charge in [0.15, 0.2) is 12.9 Å². The van der Waals surface area contributed by atoms with Gasteiger partial charge in [0, 0.05) is 16.0 Å². The second-order valence-electron chi connectivity index (χ2n) is 4.50. The van der Waals surface area contributed by atoms with Gasteiger partial charge in [-0.15, -0.1) is 0 Å². The normalized spacial score (nSPS) is 10.1. The fourth-order valence-electron chi connectivity index (χ4n) is 1.78. The van der Waals surface area contributed by atoms with E-state index in [9.17, 15) is 9.59 Å². The molecule has 0 spiro atoms. The molecule has 0 atom stereocenters. The number of ether oxygens (including phenoxy) is 1. The van der Waals surface area contributed by atoms with Crippen molar-refractivity contribution in [1.82, 2.24) is 5.32 Å². The second kappa shape index (κ2) is 7.96. The number of hydrogen-bond acceptors (Lipinski definition) is 3. The molecule has 0 heterocycles. The van der Waals surface area contributed by atoms with E-state index in [-0.39, 0.29) is 12.5 Å². The van der Waals surface area contributed by atoms with Crippen LogP contribution in [0.5, 0.6) is 5.75 Å². The monoisotopic (exact) mass is 381 g/mol. The summed E-state index contributed by atoms with van der Waals surface area (Å²) in [4.78, 5) is 22.7. The van der Waals surface area contributed by atoms with Gasteiger partial charge in [-0.1, -0.05) is 39.7 Å². The molecule has 0 unspecified atom stereocenters. The molecule has 6 heteroatoms. The smallest absolute Gasteiger partial charge is 0.258 e. The molecular weight excluding hydrogens is 370 g/mol. The predicted molar refractivity (Wildman–Crippen MR) is 88.3 cm³/mol. The first-order valence-electron chi connectivity index (χ1n) is 6.47. The molecule has 0 fully saturated rings. The van der Waals surface area contributed by atoms with Gasteiger partial charge in [-0.05, 0) is 35.9 Å². The van der Waals surface area contributed by atoms with Crippen molar-refractivity contribution in [3.05, 3.63) is 63.1 Å². The minimum Gasteiger partial charge on any atom is -0.483 e. The summed E-state index contributed by atoms with van der Waals surface area (Å²) in [6, 6.07) is 12.2. The van der Waals surface area contributed by atoms with E-state index in [0.29, 0.717) is 29.2 Å². The van der Waals surface area contributed by atoms with Crippen LogP contribution in [0.2, 0.25) is 5.02 Å². The zero-order valence-corrected chi connectivity index (χ0v) is 13.9. The summed E-state index contributed by atoms with van der Waals surface area (Å²) in [6.07, 6.45) is 0.684. The van der Waals surface area contributed by atoms with Gasteiger partial charge in [-0.25, -0.2) is 0 Å². The Labute approximate surface area is 141 Å². The van der Waals surface area contributed by atoms with Crippen molar-refractivity contribution >= 4 is 39.7 Å². The highest BCUT2D eigenvalue weighted by molar-refractivity contribution is 9.10. The van der Waals surface area contributed by atoms with Crippen LogP contribution in [0.4, 0.5) is 0 Å². The van der Waals surface area contributed by atoms with Crippen molar-refractivity contribution in [1.29, 1.82) is 0 Å². The molecule has 0 aliphatic carbocycles.